The summed E-state index contributed by atoms with van der Waals surface area (Å²) >= 11 is 1.29. The number of nitrogens with one attached hydrogen (secondary N) is 2. The molecule has 4 aromatic carbocycles. The van der Waals surface area contributed by atoms with Crippen LogP contribution < -0.4 is 10.6 Å². The first-order valence-electron chi connectivity index (χ1n) is 11.5. The molecule has 4 aromatic rings. The van der Waals surface area contributed by atoms with Crippen LogP contribution in [-0.2, 0) is 4.79 Å². The molecule has 10 heteroatoms. The number of carbonyl (C=O) groups is 3. The number of aryl methyl sites for hydroxylation is 1. The number of nitrogens with zero attached hydrogens (tertiary/aromatic N) is 1. The summed E-state index contributed by atoms with van der Waals surface area (Å²) in [6.45, 7) is 3.48. The fraction of sp³-hybridized carbons (Fsp3) is 0.107. The quantitative estimate of drug-likeness (QED) is 0.142. The fourth-order valence-corrected chi connectivity index (χ4v) is 4.74. The van der Waals surface area contributed by atoms with Gasteiger partial charge in [0.1, 0.15) is 0 Å². The number of non-ortho nitro benzene ring substituents is 1. The molecule has 0 heterocycles. The van der Waals surface area contributed by atoms with Gasteiger partial charge >= 0.3 is 5.97 Å². The Morgan fingerprint density at radius 1 is 0.921 bits per heavy atom. The number of aromatic carboxylic acids is 1. The van der Waals surface area contributed by atoms with Crippen LogP contribution in [0.3, 0.4) is 0 Å². The molecule has 0 aliphatic carbocycles. The standard InChI is InChI=1S/C28H23N3O6S/c1-16-9-12-20(31(36)37)15-24(16)30-26(32)17(2)38-21-13-10-19(11-14-21)29-27(33)22-7-3-5-18-6-4-8-23(25(18)22)28(34)35/h3-15,17H,1-2H3,(H,29,33)(H,30,32)(H,34,35). The van der Waals surface area contributed by atoms with Gasteiger partial charge in [-0.2, -0.15) is 0 Å². The van der Waals surface area contributed by atoms with Crippen molar-refractivity contribution < 1.29 is 24.4 Å². The number of carboxylic acids is 1. The summed E-state index contributed by atoms with van der Waals surface area (Å²) in [4.78, 5) is 48.7. The van der Waals surface area contributed by atoms with E-state index in [0.717, 1.165) is 4.90 Å². The van der Waals surface area contributed by atoms with Gasteiger partial charge in [0.05, 0.1) is 21.4 Å². The first-order valence-corrected chi connectivity index (χ1v) is 12.4. The van der Waals surface area contributed by atoms with E-state index in [1.165, 1.54) is 30.0 Å². The highest BCUT2D eigenvalue weighted by Gasteiger charge is 2.19. The molecule has 0 spiro atoms. The summed E-state index contributed by atoms with van der Waals surface area (Å²) in [5.74, 6) is -1.86. The normalized spacial score (nSPS) is 11.5. The lowest BCUT2D eigenvalue weighted by Crippen LogP contribution is -2.22. The van der Waals surface area contributed by atoms with Crippen molar-refractivity contribution in [3.8, 4) is 0 Å². The largest absolute Gasteiger partial charge is 0.478 e. The number of hydrogen-bond acceptors (Lipinski definition) is 6. The van der Waals surface area contributed by atoms with Crippen LogP contribution in [0.25, 0.3) is 10.8 Å². The van der Waals surface area contributed by atoms with Gasteiger partial charge in [-0.3, -0.25) is 19.7 Å². The number of carboxylic acid groups (broad SMARTS) is 1. The number of hydrogen-bond donors (Lipinski definition) is 3. The maximum absolute atomic E-state index is 13.0. The topological polar surface area (TPSA) is 139 Å². The number of amides is 2. The van der Waals surface area contributed by atoms with E-state index in [1.807, 2.05) is 0 Å². The molecule has 0 aliphatic rings. The second kappa shape index (κ2) is 11.1. The Kier molecular flexibility index (Phi) is 7.73. The van der Waals surface area contributed by atoms with Crippen molar-refractivity contribution >= 4 is 57.4 Å². The molecule has 0 aromatic heterocycles. The number of nitro benzene ring substituents is 1. The Morgan fingerprint density at radius 3 is 2.21 bits per heavy atom. The zero-order valence-electron chi connectivity index (χ0n) is 20.4. The maximum Gasteiger partial charge on any atom is 0.336 e. The Labute approximate surface area is 222 Å². The summed E-state index contributed by atoms with van der Waals surface area (Å²) < 4.78 is 0. The van der Waals surface area contributed by atoms with Crippen molar-refractivity contribution in [1.29, 1.82) is 0 Å². The van der Waals surface area contributed by atoms with E-state index in [1.54, 1.807) is 74.5 Å². The second-order valence-electron chi connectivity index (χ2n) is 8.50. The van der Waals surface area contributed by atoms with E-state index in [9.17, 15) is 29.6 Å². The summed E-state index contributed by atoms with van der Waals surface area (Å²) in [5.41, 5.74) is 1.80. The number of carbonyl (C=O) groups excluding carboxylic acids is 2. The first kappa shape index (κ1) is 26.4. The predicted octanol–water partition coefficient (Wildman–Crippen LogP) is 6.13. The molecular weight excluding hydrogens is 506 g/mol. The zero-order valence-corrected chi connectivity index (χ0v) is 21.2. The van der Waals surface area contributed by atoms with Crippen LogP contribution in [-0.4, -0.2) is 33.1 Å². The first-order chi connectivity index (χ1) is 18.1. The molecule has 0 saturated carbocycles. The van der Waals surface area contributed by atoms with Gasteiger partial charge < -0.3 is 15.7 Å². The Hall–Kier alpha value is -4.70. The van der Waals surface area contributed by atoms with Gasteiger partial charge in [-0.05, 0) is 61.2 Å². The van der Waals surface area contributed by atoms with Gasteiger partial charge in [-0.25, -0.2) is 4.79 Å². The Morgan fingerprint density at radius 2 is 1.58 bits per heavy atom. The Bertz CT molecular complexity index is 1560. The summed E-state index contributed by atoms with van der Waals surface area (Å²) in [5, 5.41) is 26.7. The van der Waals surface area contributed by atoms with Crippen LogP contribution >= 0.6 is 11.8 Å². The van der Waals surface area contributed by atoms with Crippen molar-refractivity contribution in [2.75, 3.05) is 10.6 Å². The van der Waals surface area contributed by atoms with E-state index in [-0.39, 0.29) is 22.7 Å². The fourth-order valence-electron chi connectivity index (χ4n) is 3.87. The molecule has 38 heavy (non-hydrogen) atoms. The molecule has 9 nitrogen and oxygen atoms in total. The van der Waals surface area contributed by atoms with E-state index < -0.39 is 22.0 Å². The average Bonchev–Trinajstić information content (AvgIpc) is 2.89. The van der Waals surface area contributed by atoms with Crippen molar-refractivity contribution in [2.24, 2.45) is 0 Å². The summed E-state index contributed by atoms with van der Waals surface area (Å²) in [6.07, 6.45) is 0. The van der Waals surface area contributed by atoms with Gasteiger partial charge in [0.25, 0.3) is 11.6 Å². The number of thioether (sulfide) groups is 1. The number of nitro groups is 1. The van der Waals surface area contributed by atoms with Crippen molar-refractivity contribution in [3.63, 3.8) is 0 Å². The molecule has 192 valence electrons. The summed E-state index contributed by atoms with van der Waals surface area (Å²) in [6, 6.07) is 21.1. The van der Waals surface area contributed by atoms with E-state index in [0.29, 0.717) is 27.7 Å². The highest BCUT2D eigenvalue weighted by molar-refractivity contribution is 8.00. The lowest BCUT2D eigenvalue weighted by atomic mass is 9.98. The van der Waals surface area contributed by atoms with Crippen LogP contribution in [0.15, 0.2) is 83.8 Å². The van der Waals surface area contributed by atoms with Crippen LogP contribution in [0.5, 0.6) is 0 Å². The van der Waals surface area contributed by atoms with Crippen LogP contribution in [0.4, 0.5) is 17.1 Å². The molecule has 1 atom stereocenters. The highest BCUT2D eigenvalue weighted by Crippen LogP contribution is 2.28. The number of benzene rings is 4. The molecule has 0 radical (unpaired) electrons. The van der Waals surface area contributed by atoms with Crippen LogP contribution in [0.1, 0.15) is 33.2 Å². The van der Waals surface area contributed by atoms with Gasteiger partial charge in [0.15, 0.2) is 0 Å². The van der Waals surface area contributed by atoms with Gasteiger partial charge in [-0.15, -0.1) is 11.8 Å². The minimum absolute atomic E-state index is 0.0487. The molecule has 2 amide bonds. The molecule has 0 aliphatic heterocycles. The van der Waals surface area contributed by atoms with Crippen LogP contribution in [0.2, 0.25) is 0 Å². The summed E-state index contributed by atoms with van der Waals surface area (Å²) in [7, 11) is 0. The van der Waals surface area contributed by atoms with Crippen LogP contribution in [0, 0.1) is 17.0 Å². The maximum atomic E-state index is 13.0. The van der Waals surface area contributed by atoms with Crippen molar-refractivity contribution in [1.82, 2.24) is 0 Å². The third-order valence-corrected chi connectivity index (χ3v) is 6.98. The van der Waals surface area contributed by atoms with E-state index in [2.05, 4.69) is 10.6 Å². The third kappa shape index (κ3) is 5.81. The van der Waals surface area contributed by atoms with Gasteiger partial charge in [-0.1, -0.05) is 30.3 Å². The van der Waals surface area contributed by atoms with Crippen molar-refractivity contribution in [2.45, 2.75) is 24.0 Å². The number of anilines is 2. The molecule has 4 rings (SSSR count). The number of rotatable bonds is 8. The lowest BCUT2D eigenvalue weighted by Gasteiger charge is -2.14. The van der Waals surface area contributed by atoms with Gasteiger partial charge in [0.2, 0.25) is 5.91 Å². The molecule has 1 unspecified atom stereocenters. The zero-order chi connectivity index (χ0) is 27.4. The Balaban J connectivity index is 1.44. The molecular formula is C28H23N3O6S. The molecule has 0 fully saturated rings. The minimum atomic E-state index is -1.11. The smallest absolute Gasteiger partial charge is 0.336 e. The number of fused-ring (bicyclic) bond motifs is 1. The lowest BCUT2D eigenvalue weighted by molar-refractivity contribution is -0.384. The van der Waals surface area contributed by atoms with E-state index in [4.69, 9.17) is 0 Å². The van der Waals surface area contributed by atoms with Crippen molar-refractivity contribution in [3.05, 3.63) is 106 Å². The molecule has 3 N–H and O–H groups in total. The predicted molar refractivity (Wildman–Crippen MR) is 147 cm³/mol. The van der Waals surface area contributed by atoms with Gasteiger partial charge in [0, 0.05) is 33.7 Å². The molecule has 0 bridgehead atoms. The monoisotopic (exact) mass is 529 g/mol. The van der Waals surface area contributed by atoms with E-state index >= 15 is 0 Å². The average molecular weight is 530 g/mol. The molecule has 0 saturated heterocycles. The third-order valence-electron chi connectivity index (χ3n) is 5.86. The second-order valence-corrected chi connectivity index (χ2v) is 9.91. The highest BCUT2D eigenvalue weighted by atomic mass is 32.2. The SMILES string of the molecule is Cc1ccc([N+](=O)[O-])cc1NC(=O)C(C)Sc1ccc(NC(=O)c2cccc3cccc(C(=O)O)c23)cc1. The minimum Gasteiger partial charge on any atom is -0.478 e.